The molecule has 1 amide bonds. The molecule has 35 heavy (non-hydrogen) atoms. The van der Waals surface area contributed by atoms with E-state index in [1.165, 1.54) is 12.1 Å². The van der Waals surface area contributed by atoms with E-state index in [1.54, 1.807) is 49.1 Å². The minimum atomic E-state index is -0.489. The van der Waals surface area contributed by atoms with E-state index in [2.05, 4.69) is 15.3 Å². The fourth-order valence-electron chi connectivity index (χ4n) is 4.20. The number of pyridine rings is 2. The Bertz CT molecular complexity index is 1590. The third kappa shape index (κ3) is 4.24. The number of H-pyrrole nitrogens is 1. The second-order valence-electron chi connectivity index (χ2n) is 8.45. The standard InChI is InChI=1S/C28H23FN4O2/c1-17(18-8-10-21(29)11-9-18)27(34)32-23-16-20(12-14-30-23)26-24(19-6-4-3-5-7-19)25-22(31-26)13-15-33(2)28(25)35/h3-17,31H,1-2H3,(H,30,32,34). The molecule has 0 aliphatic heterocycles. The van der Waals surface area contributed by atoms with Crippen LogP contribution < -0.4 is 10.9 Å². The zero-order valence-corrected chi connectivity index (χ0v) is 19.2. The van der Waals surface area contributed by atoms with Crippen LogP contribution in [0.2, 0.25) is 0 Å². The summed E-state index contributed by atoms with van der Waals surface area (Å²) < 4.78 is 14.8. The zero-order valence-electron chi connectivity index (χ0n) is 19.2. The number of amides is 1. The third-order valence-electron chi connectivity index (χ3n) is 6.15. The molecule has 0 radical (unpaired) electrons. The van der Waals surface area contributed by atoms with Crippen molar-refractivity contribution < 1.29 is 9.18 Å². The molecule has 3 heterocycles. The average molecular weight is 467 g/mol. The Labute approximate surface area is 201 Å². The summed E-state index contributed by atoms with van der Waals surface area (Å²) in [7, 11) is 1.73. The predicted octanol–water partition coefficient (Wildman–Crippen LogP) is 5.48. The molecule has 0 aliphatic carbocycles. The molecule has 6 nitrogen and oxygen atoms in total. The fraction of sp³-hybridized carbons (Fsp3) is 0.107. The number of carbonyl (C=O) groups excluding carboxylic acids is 1. The first-order valence-electron chi connectivity index (χ1n) is 11.2. The van der Waals surface area contributed by atoms with Crippen molar-refractivity contribution in [1.82, 2.24) is 14.5 Å². The minimum Gasteiger partial charge on any atom is -0.354 e. The summed E-state index contributed by atoms with van der Waals surface area (Å²) in [6.45, 7) is 1.76. The number of nitrogens with one attached hydrogen (secondary N) is 2. The zero-order chi connectivity index (χ0) is 24.5. The lowest BCUT2D eigenvalue weighted by Gasteiger charge is -2.13. The highest BCUT2D eigenvalue weighted by atomic mass is 19.1. The highest BCUT2D eigenvalue weighted by Crippen LogP contribution is 2.37. The molecule has 2 aromatic carbocycles. The van der Waals surface area contributed by atoms with Crippen molar-refractivity contribution in [3.8, 4) is 22.4 Å². The van der Waals surface area contributed by atoms with Crippen LogP contribution >= 0.6 is 0 Å². The highest BCUT2D eigenvalue weighted by molar-refractivity contribution is 6.03. The molecule has 0 aliphatic rings. The Morgan fingerprint density at radius 3 is 2.51 bits per heavy atom. The van der Waals surface area contributed by atoms with E-state index in [-0.39, 0.29) is 17.3 Å². The molecule has 1 atom stereocenters. The molecule has 174 valence electrons. The Kier molecular flexibility index (Phi) is 5.74. The van der Waals surface area contributed by atoms with Gasteiger partial charge in [0.2, 0.25) is 5.91 Å². The van der Waals surface area contributed by atoms with E-state index in [0.717, 1.165) is 27.9 Å². The molecule has 0 bridgehead atoms. The van der Waals surface area contributed by atoms with Crippen LogP contribution in [0.3, 0.4) is 0 Å². The Morgan fingerprint density at radius 2 is 1.77 bits per heavy atom. The van der Waals surface area contributed by atoms with Gasteiger partial charge in [-0.2, -0.15) is 0 Å². The summed E-state index contributed by atoms with van der Waals surface area (Å²) in [6.07, 6.45) is 3.35. The lowest BCUT2D eigenvalue weighted by Crippen LogP contribution is -2.19. The summed E-state index contributed by atoms with van der Waals surface area (Å²) in [4.78, 5) is 33.6. The van der Waals surface area contributed by atoms with Crippen LogP contribution in [0, 0.1) is 5.82 Å². The molecule has 0 saturated carbocycles. The van der Waals surface area contributed by atoms with Crippen LogP contribution in [0.5, 0.6) is 0 Å². The van der Waals surface area contributed by atoms with E-state index in [1.807, 2.05) is 42.5 Å². The monoisotopic (exact) mass is 466 g/mol. The van der Waals surface area contributed by atoms with Gasteiger partial charge < -0.3 is 14.9 Å². The van der Waals surface area contributed by atoms with Crippen molar-refractivity contribution in [1.29, 1.82) is 0 Å². The van der Waals surface area contributed by atoms with Crippen molar-refractivity contribution >= 4 is 22.6 Å². The van der Waals surface area contributed by atoms with E-state index >= 15 is 0 Å². The number of halogens is 1. The van der Waals surface area contributed by atoms with E-state index < -0.39 is 5.92 Å². The first kappa shape index (κ1) is 22.3. The lowest BCUT2D eigenvalue weighted by molar-refractivity contribution is -0.117. The molecular formula is C28H23FN4O2. The molecular weight excluding hydrogens is 443 g/mol. The van der Waals surface area contributed by atoms with Gasteiger partial charge in [-0.15, -0.1) is 0 Å². The number of benzene rings is 2. The fourth-order valence-corrected chi connectivity index (χ4v) is 4.20. The highest BCUT2D eigenvalue weighted by Gasteiger charge is 2.20. The van der Waals surface area contributed by atoms with Gasteiger partial charge in [-0.1, -0.05) is 42.5 Å². The average Bonchev–Trinajstić information content (AvgIpc) is 3.27. The molecule has 0 fully saturated rings. The number of hydrogen-bond donors (Lipinski definition) is 2. The number of aryl methyl sites for hydroxylation is 1. The summed E-state index contributed by atoms with van der Waals surface area (Å²) in [5.74, 6) is -0.711. The maximum absolute atomic E-state index is 13.2. The summed E-state index contributed by atoms with van der Waals surface area (Å²) in [5.41, 5.74) is 4.59. The van der Waals surface area contributed by atoms with Gasteiger partial charge in [0.05, 0.1) is 22.5 Å². The lowest BCUT2D eigenvalue weighted by atomic mass is 9.99. The minimum absolute atomic E-state index is 0.0976. The first-order valence-corrected chi connectivity index (χ1v) is 11.2. The van der Waals surface area contributed by atoms with Crippen LogP contribution in [0.15, 0.2) is 90.0 Å². The summed E-state index contributed by atoms with van der Waals surface area (Å²) in [5, 5.41) is 3.46. The SMILES string of the molecule is CC(C(=O)Nc1cc(-c2[nH]c3ccn(C)c(=O)c3c2-c2ccccc2)ccn1)c1ccc(F)cc1. The Hall–Kier alpha value is -4.52. The van der Waals surface area contributed by atoms with Crippen molar-refractivity contribution in [2.45, 2.75) is 12.8 Å². The van der Waals surface area contributed by atoms with Crippen molar-refractivity contribution in [2.24, 2.45) is 7.05 Å². The normalized spacial score (nSPS) is 12.0. The maximum atomic E-state index is 13.2. The van der Waals surface area contributed by atoms with Gasteiger partial charge in [-0.3, -0.25) is 9.59 Å². The van der Waals surface area contributed by atoms with Crippen LogP contribution in [-0.2, 0) is 11.8 Å². The number of fused-ring (bicyclic) bond motifs is 1. The number of anilines is 1. The number of aromatic nitrogens is 3. The maximum Gasteiger partial charge on any atom is 0.260 e. The molecule has 0 spiro atoms. The number of rotatable bonds is 5. The topological polar surface area (TPSA) is 79.8 Å². The third-order valence-corrected chi connectivity index (χ3v) is 6.15. The molecule has 3 aromatic heterocycles. The number of nitrogens with zero attached hydrogens (tertiary/aromatic N) is 2. The molecule has 7 heteroatoms. The van der Waals surface area contributed by atoms with Crippen LogP contribution in [0.4, 0.5) is 10.2 Å². The van der Waals surface area contributed by atoms with Gasteiger partial charge in [-0.05, 0) is 48.4 Å². The van der Waals surface area contributed by atoms with Gasteiger partial charge in [-0.25, -0.2) is 9.37 Å². The number of hydrogen-bond acceptors (Lipinski definition) is 3. The van der Waals surface area contributed by atoms with E-state index in [9.17, 15) is 14.0 Å². The quantitative estimate of drug-likeness (QED) is 0.360. The molecule has 0 saturated heterocycles. The van der Waals surface area contributed by atoms with Crippen molar-refractivity contribution in [3.05, 3.63) is 107 Å². The van der Waals surface area contributed by atoms with E-state index in [4.69, 9.17) is 0 Å². The Morgan fingerprint density at radius 1 is 1.03 bits per heavy atom. The molecule has 5 rings (SSSR count). The summed E-state index contributed by atoms with van der Waals surface area (Å²) >= 11 is 0. The largest absolute Gasteiger partial charge is 0.354 e. The van der Waals surface area contributed by atoms with Gasteiger partial charge in [0, 0.05) is 30.6 Å². The van der Waals surface area contributed by atoms with Crippen LogP contribution in [0.1, 0.15) is 18.4 Å². The van der Waals surface area contributed by atoms with Gasteiger partial charge in [0.15, 0.2) is 0 Å². The van der Waals surface area contributed by atoms with Crippen molar-refractivity contribution in [2.75, 3.05) is 5.32 Å². The van der Waals surface area contributed by atoms with Gasteiger partial charge >= 0.3 is 0 Å². The first-order chi connectivity index (χ1) is 16.9. The second kappa shape index (κ2) is 9.02. The van der Waals surface area contributed by atoms with Gasteiger partial charge in [0.1, 0.15) is 11.6 Å². The molecule has 5 aromatic rings. The molecule has 2 N–H and O–H groups in total. The van der Waals surface area contributed by atoms with Gasteiger partial charge in [0.25, 0.3) is 5.56 Å². The number of aromatic amines is 1. The predicted molar refractivity (Wildman–Crippen MR) is 136 cm³/mol. The van der Waals surface area contributed by atoms with Crippen molar-refractivity contribution in [3.63, 3.8) is 0 Å². The smallest absolute Gasteiger partial charge is 0.260 e. The van der Waals surface area contributed by atoms with Crippen LogP contribution in [0.25, 0.3) is 33.3 Å². The summed E-state index contributed by atoms with van der Waals surface area (Å²) in [6, 6.07) is 21.1. The molecule has 1 unspecified atom stereocenters. The Balaban J connectivity index is 1.55. The van der Waals surface area contributed by atoms with E-state index in [0.29, 0.717) is 16.8 Å². The number of carbonyl (C=O) groups is 1. The van der Waals surface area contributed by atoms with Crippen LogP contribution in [-0.4, -0.2) is 20.4 Å². The second-order valence-corrected chi connectivity index (χ2v) is 8.45.